The van der Waals surface area contributed by atoms with Crippen molar-refractivity contribution >= 4 is 11.4 Å². The van der Waals surface area contributed by atoms with Crippen molar-refractivity contribution in [2.24, 2.45) is 0 Å². The van der Waals surface area contributed by atoms with E-state index in [9.17, 15) is 0 Å². The van der Waals surface area contributed by atoms with Gasteiger partial charge in [0.1, 0.15) is 0 Å². The Hall–Kier alpha value is -3.52. The second-order valence-corrected chi connectivity index (χ2v) is 7.47. The van der Waals surface area contributed by atoms with Crippen molar-refractivity contribution in [2.75, 3.05) is 12.0 Å². The number of hydrogen-bond acceptors (Lipinski definition) is 5. The highest BCUT2D eigenvalue weighted by Crippen LogP contribution is 2.37. The number of benzene rings is 2. The van der Waals surface area contributed by atoms with E-state index in [1.807, 2.05) is 54.7 Å². The average Bonchev–Trinajstić information content (AvgIpc) is 3.31. The number of methoxy groups -OCH3 is 1. The molecule has 152 valence electrons. The van der Waals surface area contributed by atoms with E-state index in [2.05, 4.69) is 22.0 Å². The molecule has 1 saturated carbocycles. The summed E-state index contributed by atoms with van der Waals surface area (Å²) in [6.45, 7) is 0.648. The molecule has 1 fully saturated rings. The number of anilines is 2. The van der Waals surface area contributed by atoms with Gasteiger partial charge in [-0.1, -0.05) is 6.07 Å². The molecular weight excluding hydrogens is 374 g/mol. The van der Waals surface area contributed by atoms with Crippen LogP contribution in [0.3, 0.4) is 0 Å². The molecule has 5 nitrogen and oxygen atoms in total. The minimum atomic E-state index is 0.246. The molecule has 4 rings (SSSR count). The van der Waals surface area contributed by atoms with Gasteiger partial charge in [-0.15, -0.1) is 0 Å². The van der Waals surface area contributed by atoms with Gasteiger partial charge in [-0.2, -0.15) is 5.26 Å². The minimum Gasteiger partial charge on any atom is -0.493 e. The van der Waals surface area contributed by atoms with Crippen molar-refractivity contribution in [3.63, 3.8) is 0 Å². The van der Waals surface area contributed by atoms with Gasteiger partial charge in [0, 0.05) is 36.4 Å². The third-order valence-corrected chi connectivity index (χ3v) is 5.43. The van der Waals surface area contributed by atoms with E-state index in [1.54, 1.807) is 13.3 Å². The number of nitrogens with zero attached hydrogens (tertiary/aromatic N) is 3. The van der Waals surface area contributed by atoms with Crippen LogP contribution >= 0.6 is 0 Å². The molecule has 0 bridgehead atoms. The smallest absolute Gasteiger partial charge is 0.163 e. The van der Waals surface area contributed by atoms with Crippen molar-refractivity contribution in [3.05, 3.63) is 78.1 Å². The molecule has 0 spiro atoms. The first-order valence-electron chi connectivity index (χ1n) is 10.3. The van der Waals surface area contributed by atoms with Crippen LogP contribution in [0.2, 0.25) is 0 Å². The Kier molecular flexibility index (Phi) is 6.14. The summed E-state index contributed by atoms with van der Waals surface area (Å²) in [7, 11) is 1.67. The fourth-order valence-electron chi connectivity index (χ4n) is 3.83. The molecule has 0 aliphatic heterocycles. The van der Waals surface area contributed by atoms with Gasteiger partial charge >= 0.3 is 0 Å². The molecule has 1 aliphatic carbocycles. The van der Waals surface area contributed by atoms with Crippen LogP contribution in [0.15, 0.2) is 67.0 Å². The van der Waals surface area contributed by atoms with Crippen LogP contribution in [0.25, 0.3) is 0 Å². The maximum atomic E-state index is 9.15. The molecule has 1 aromatic heterocycles. The summed E-state index contributed by atoms with van der Waals surface area (Å²) in [4.78, 5) is 6.45. The fraction of sp³-hybridized carbons (Fsp3) is 0.280. The third-order valence-electron chi connectivity index (χ3n) is 5.43. The zero-order valence-electron chi connectivity index (χ0n) is 17.1. The van der Waals surface area contributed by atoms with Crippen LogP contribution in [-0.4, -0.2) is 18.2 Å². The highest BCUT2D eigenvalue weighted by Gasteiger charge is 2.20. The quantitative estimate of drug-likeness (QED) is 0.516. The summed E-state index contributed by atoms with van der Waals surface area (Å²) in [6, 6.07) is 19.8. The molecule has 0 amide bonds. The van der Waals surface area contributed by atoms with Gasteiger partial charge in [-0.05, 0) is 73.7 Å². The van der Waals surface area contributed by atoms with E-state index in [0.29, 0.717) is 12.1 Å². The van der Waals surface area contributed by atoms with Crippen LogP contribution in [0.4, 0.5) is 11.4 Å². The lowest BCUT2D eigenvalue weighted by atomic mass is 10.1. The normalized spacial score (nSPS) is 13.6. The lowest BCUT2D eigenvalue weighted by molar-refractivity contribution is 0.201. The summed E-state index contributed by atoms with van der Waals surface area (Å²) in [5.74, 6) is 1.51. The number of ether oxygens (including phenoxy) is 2. The molecule has 0 radical (unpaired) electrons. The Morgan fingerprint density at radius 1 is 1.03 bits per heavy atom. The molecule has 1 heterocycles. The lowest BCUT2D eigenvalue weighted by Crippen LogP contribution is -2.17. The topological polar surface area (TPSA) is 58.4 Å². The first-order chi connectivity index (χ1) is 14.8. The van der Waals surface area contributed by atoms with E-state index in [1.165, 1.54) is 12.8 Å². The molecule has 2 aromatic carbocycles. The largest absolute Gasteiger partial charge is 0.493 e. The third kappa shape index (κ3) is 4.55. The summed E-state index contributed by atoms with van der Waals surface area (Å²) in [5, 5.41) is 9.15. The molecule has 0 atom stereocenters. The van der Waals surface area contributed by atoms with E-state index in [4.69, 9.17) is 14.7 Å². The predicted molar refractivity (Wildman–Crippen MR) is 117 cm³/mol. The maximum absolute atomic E-state index is 9.15. The fourth-order valence-corrected chi connectivity index (χ4v) is 3.83. The van der Waals surface area contributed by atoms with Gasteiger partial charge in [-0.25, -0.2) is 0 Å². The zero-order valence-corrected chi connectivity index (χ0v) is 17.1. The number of hydrogen-bond donors (Lipinski definition) is 0. The van der Waals surface area contributed by atoms with E-state index in [0.717, 1.165) is 41.3 Å². The van der Waals surface area contributed by atoms with Gasteiger partial charge < -0.3 is 14.4 Å². The van der Waals surface area contributed by atoms with Crippen LogP contribution < -0.4 is 14.4 Å². The Labute approximate surface area is 177 Å². The van der Waals surface area contributed by atoms with E-state index < -0.39 is 0 Å². The molecule has 3 aromatic rings. The summed E-state index contributed by atoms with van der Waals surface area (Å²) in [6.07, 6.45) is 8.49. The van der Waals surface area contributed by atoms with Gasteiger partial charge in [0.2, 0.25) is 0 Å². The lowest BCUT2D eigenvalue weighted by Gasteiger charge is -2.26. The average molecular weight is 399 g/mol. The predicted octanol–water partition coefficient (Wildman–Crippen LogP) is 5.62. The van der Waals surface area contributed by atoms with Gasteiger partial charge in [0.15, 0.2) is 11.5 Å². The Bertz CT molecular complexity index is 1010. The Morgan fingerprint density at radius 2 is 1.80 bits per heavy atom. The van der Waals surface area contributed by atoms with Crippen molar-refractivity contribution in [2.45, 2.75) is 38.3 Å². The summed E-state index contributed by atoms with van der Waals surface area (Å²) in [5.41, 5.74) is 3.73. The SMILES string of the molecule is COc1ccc(N(Cc2cccnc2)c2ccc(C#N)cc2)cc1OC1CCCC1. The Balaban J connectivity index is 1.70. The highest BCUT2D eigenvalue weighted by atomic mass is 16.5. The summed E-state index contributed by atoms with van der Waals surface area (Å²) < 4.78 is 11.9. The second kappa shape index (κ2) is 9.32. The standard InChI is InChI=1S/C25H25N3O2/c1-29-24-13-12-22(15-25(24)30-23-6-2-3-7-23)28(18-20-5-4-14-27-17-20)21-10-8-19(16-26)9-11-21/h4-5,8-15,17,23H,2-3,6-7,18H2,1H3. The number of nitriles is 1. The zero-order chi connectivity index (χ0) is 20.8. The molecule has 1 aliphatic rings. The van der Waals surface area contributed by atoms with Crippen molar-refractivity contribution in [1.82, 2.24) is 4.98 Å². The number of rotatable bonds is 7. The van der Waals surface area contributed by atoms with Crippen LogP contribution in [0, 0.1) is 11.3 Å². The number of aromatic nitrogens is 1. The van der Waals surface area contributed by atoms with Gasteiger partial charge in [0.25, 0.3) is 0 Å². The minimum absolute atomic E-state index is 0.246. The van der Waals surface area contributed by atoms with Crippen molar-refractivity contribution in [3.8, 4) is 17.6 Å². The molecular formula is C25H25N3O2. The first kappa shape index (κ1) is 19.8. The van der Waals surface area contributed by atoms with Crippen LogP contribution in [0.5, 0.6) is 11.5 Å². The van der Waals surface area contributed by atoms with Gasteiger partial charge in [-0.3, -0.25) is 4.98 Å². The maximum Gasteiger partial charge on any atom is 0.163 e. The first-order valence-corrected chi connectivity index (χ1v) is 10.3. The van der Waals surface area contributed by atoms with E-state index >= 15 is 0 Å². The molecule has 0 N–H and O–H groups in total. The van der Waals surface area contributed by atoms with Crippen LogP contribution in [0.1, 0.15) is 36.8 Å². The molecule has 30 heavy (non-hydrogen) atoms. The molecule has 0 unspecified atom stereocenters. The van der Waals surface area contributed by atoms with Crippen molar-refractivity contribution < 1.29 is 9.47 Å². The van der Waals surface area contributed by atoms with Gasteiger partial charge in [0.05, 0.1) is 24.8 Å². The Morgan fingerprint density at radius 3 is 2.47 bits per heavy atom. The number of pyridine rings is 1. The molecule has 0 saturated heterocycles. The van der Waals surface area contributed by atoms with E-state index in [-0.39, 0.29) is 6.10 Å². The monoisotopic (exact) mass is 399 g/mol. The van der Waals surface area contributed by atoms with Crippen molar-refractivity contribution in [1.29, 1.82) is 5.26 Å². The summed E-state index contributed by atoms with van der Waals surface area (Å²) >= 11 is 0. The van der Waals surface area contributed by atoms with Crippen LogP contribution in [-0.2, 0) is 6.54 Å². The molecule has 5 heteroatoms. The second-order valence-electron chi connectivity index (χ2n) is 7.47. The highest BCUT2D eigenvalue weighted by molar-refractivity contribution is 5.67.